The van der Waals surface area contributed by atoms with Crippen molar-refractivity contribution >= 4 is 17.7 Å². The maximum atomic E-state index is 12.5. The Morgan fingerprint density at radius 3 is 2.48 bits per heavy atom. The summed E-state index contributed by atoms with van der Waals surface area (Å²) >= 11 is 0. The van der Waals surface area contributed by atoms with Crippen LogP contribution in [-0.4, -0.2) is 43.4 Å². The number of carboxylic acids is 1. The van der Waals surface area contributed by atoms with Crippen molar-refractivity contribution in [1.82, 2.24) is 5.32 Å². The van der Waals surface area contributed by atoms with E-state index >= 15 is 0 Å². The topological polar surface area (TPSA) is 78.9 Å². The van der Waals surface area contributed by atoms with Crippen molar-refractivity contribution < 1.29 is 19.4 Å². The Bertz CT molecular complexity index is 895. The van der Waals surface area contributed by atoms with Crippen LogP contribution in [0, 0.1) is 0 Å². The third-order valence-corrected chi connectivity index (χ3v) is 5.49. The van der Waals surface area contributed by atoms with E-state index in [-0.39, 0.29) is 19.1 Å². The number of urea groups is 1. The summed E-state index contributed by atoms with van der Waals surface area (Å²) in [6, 6.07) is 15.4. The molecule has 0 spiro atoms. The van der Waals surface area contributed by atoms with E-state index in [4.69, 9.17) is 4.74 Å². The Kier molecular flexibility index (Phi) is 11.2. The van der Waals surface area contributed by atoms with Gasteiger partial charge in [-0.3, -0.25) is 4.90 Å². The maximum absolute atomic E-state index is 12.5. The molecule has 0 bridgehead atoms. The first-order valence-electron chi connectivity index (χ1n) is 11.6. The molecule has 2 amide bonds. The first kappa shape index (κ1) is 26.1. The Balaban J connectivity index is 1.98. The van der Waals surface area contributed by atoms with Gasteiger partial charge >= 0.3 is 12.0 Å². The van der Waals surface area contributed by atoms with Crippen LogP contribution in [0.4, 0.5) is 10.5 Å². The summed E-state index contributed by atoms with van der Waals surface area (Å²) in [4.78, 5) is 25.5. The molecule has 0 aliphatic carbocycles. The number of benzene rings is 2. The number of unbranched alkanes of at least 4 members (excludes halogenated alkanes) is 4. The van der Waals surface area contributed by atoms with Gasteiger partial charge in [0.25, 0.3) is 0 Å². The zero-order valence-electron chi connectivity index (χ0n) is 19.8. The lowest BCUT2D eigenvalue weighted by Crippen LogP contribution is -2.37. The van der Waals surface area contributed by atoms with Gasteiger partial charge in [0.15, 0.2) is 6.10 Å². The number of ether oxygens (including phenoxy) is 1. The van der Waals surface area contributed by atoms with Crippen LogP contribution >= 0.6 is 0 Å². The molecule has 0 radical (unpaired) electrons. The molecule has 0 saturated carbocycles. The van der Waals surface area contributed by atoms with Gasteiger partial charge in [-0.2, -0.15) is 0 Å². The number of carbonyl (C=O) groups excluding carboxylic acids is 1. The van der Waals surface area contributed by atoms with Gasteiger partial charge in [0.05, 0.1) is 6.61 Å². The predicted octanol–water partition coefficient (Wildman–Crippen LogP) is 5.67. The molecular weight excluding hydrogens is 416 g/mol. The molecule has 2 N–H and O–H groups in total. The number of aliphatic carboxylic acids is 1. The van der Waals surface area contributed by atoms with E-state index in [9.17, 15) is 14.7 Å². The monoisotopic (exact) mass is 452 g/mol. The molecule has 0 aliphatic heterocycles. The molecule has 2 aromatic rings. The molecule has 6 nitrogen and oxygen atoms in total. The molecule has 0 fully saturated rings. The van der Waals surface area contributed by atoms with E-state index < -0.39 is 12.1 Å². The first-order chi connectivity index (χ1) is 16.0. The highest BCUT2D eigenvalue weighted by Crippen LogP contribution is 2.25. The van der Waals surface area contributed by atoms with Crippen molar-refractivity contribution in [3.05, 3.63) is 66.7 Å². The van der Waals surface area contributed by atoms with Crippen molar-refractivity contribution in [3.8, 4) is 11.1 Å². The Hall–Kier alpha value is -3.12. The molecule has 2 aromatic carbocycles. The van der Waals surface area contributed by atoms with Gasteiger partial charge < -0.3 is 15.2 Å². The van der Waals surface area contributed by atoms with Gasteiger partial charge in [0.2, 0.25) is 0 Å². The van der Waals surface area contributed by atoms with Crippen molar-refractivity contribution in [1.29, 1.82) is 0 Å². The third kappa shape index (κ3) is 8.73. The van der Waals surface area contributed by atoms with E-state index in [1.807, 2.05) is 48.5 Å². The summed E-state index contributed by atoms with van der Waals surface area (Å²) in [5.74, 6) is -0.990. The van der Waals surface area contributed by atoms with E-state index in [1.165, 1.54) is 25.3 Å². The summed E-state index contributed by atoms with van der Waals surface area (Å²) in [5.41, 5.74) is 3.66. The molecule has 0 aromatic heterocycles. The minimum absolute atomic E-state index is 0.114. The van der Waals surface area contributed by atoms with Gasteiger partial charge in [-0.05, 0) is 35.2 Å². The van der Waals surface area contributed by atoms with Crippen molar-refractivity contribution in [2.24, 2.45) is 0 Å². The molecule has 33 heavy (non-hydrogen) atoms. The largest absolute Gasteiger partial charge is 0.479 e. The van der Waals surface area contributed by atoms with Crippen LogP contribution < -0.4 is 10.2 Å². The zero-order chi connectivity index (χ0) is 24.1. The summed E-state index contributed by atoms with van der Waals surface area (Å²) in [5, 5.41) is 12.3. The van der Waals surface area contributed by atoms with Crippen LogP contribution in [0.2, 0.25) is 0 Å². The fourth-order valence-electron chi connectivity index (χ4n) is 3.50. The average Bonchev–Trinajstić information content (AvgIpc) is 2.83. The lowest BCUT2D eigenvalue weighted by atomic mass is 10.0. The number of hydrogen-bond donors (Lipinski definition) is 2. The van der Waals surface area contributed by atoms with Crippen LogP contribution in [0.5, 0.6) is 0 Å². The van der Waals surface area contributed by atoms with Crippen LogP contribution in [0.15, 0.2) is 61.2 Å². The van der Waals surface area contributed by atoms with Gasteiger partial charge in [-0.1, -0.05) is 75.1 Å². The van der Waals surface area contributed by atoms with Gasteiger partial charge in [0, 0.05) is 25.7 Å². The fraction of sp³-hybridized carbons (Fsp3) is 0.407. The second-order valence-corrected chi connectivity index (χ2v) is 8.11. The summed E-state index contributed by atoms with van der Waals surface area (Å²) in [6.45, 7) is 6.62. The molecule has 0 saturated heterocycles. The normalized spacial score (nSPS) is 11.6. The standard InChI is InChI=1S/C27H36N2O4/c1-4-6-7-8-9-17-28-27(32)29(3)24-12-10-11-23(20-24)22-15-13-21(14-16-22)19-25(26(30)31)33-18-5-2/h5,10-16,20,25H,2,4,6-9,17-19H2,1,3H3,(H,28,32)(H,30,31)/t25-/m0/s1. The highest BCUT2D eigenvalue weighted by Gasteiger charge is 2.18. The Morgan fingerprint density at radius 2 is 1.82 bits per heavy atom. The van der Waals surface area contributed by atoms with Crippen LogP contribution in [0.1, 0.15) is 44.6 Å². The second kappa shape index (κ2) is 14.1. The lowest BCUT2D eigenvalue weighted by molar-refractivity contribution is -0.149. The number of carboxylic acid groups (broad SMARTS) is 1. The van der Waals surface area contributed by atoms with Gasteiger partial charge in [-0.25, -0.2) is 9.59 Å². The van der Waals surface area contributed by atoms with Crippen molar-refractivity contribution in [2.75, 3.05) is 25.1 Å². The number of nitrogens with zero attached hydrogens (tertiary/aromatic N) is 1. The molecule has 0 heterocycles. The molecule has 0 unspecified atom stereocenters. The fourth-order valence-corrected chi connectivity index (χ4v) is 3.50. The highest BCUT2D eigenvalue weighted by molar-refractivity contribution is 5.92. The van der Waals surface area contributed by atoms with Crippen LogP contribution in [-0.2, 0) is 16.0 Å². The van der Waals surface area contributed by atoms with E-state index in [0.29, 0.717) is 6.54 Å². The molecule has 178 valence electrons. The highest BCUT2D eigenvalue weighted by atomic mass is 16.5. The molecule has 0 aliphatic rings. The van der Waals surface area contributed by atoms with Crippen molar-refractivity contribution in [2.45, 2.75) is 51.6 Å². The Morgan fingerprint density at radius 1 is 1.09 bits per heavy atom. The molecule has 1 atom stereocenters. The minimum atomic E-state index is -0.990. The number of carbonyl (C=O) groups is 2. The first-order valence-corrected chi connectivity index (χ1v) is 11.6. The number of anilines is 1. The molecular formula is C27H36N2O4. The van der Waals surface area contributed by atoms with Gasteiger partial charge in [-0.15, -0.1) is 6.58 Å². The number of rotatable bonds is 14. The van der Waals surface area contributed by atoms with Crippen LogP contribution in [0.25, 0.3) is 11.1 Å². The smallest absolute Gasteiger partial charge is 0.333 e. The number of hydrogen-bond acceptors (Lipinski definition) is 3. The van der Waals surface area contributed by atoms with E-state index in [1.54, 1.807) is 11.9 Å². The van der Waals surface area contributed by atoms with E-state index in [0.717, 1.165) is 35.2 Å². The average molecular weight is 453 g/mol. The summed E-state index contributed by atoms with van der Waals surface area (Å²) in [7, 11) is 1.77. The summed E-state index contributed by atoms with van der Waals surface area (Å²) < 4.78 is 5.33. The van der Waals surface area contributed by atoms with Gasteiger partial charge in [0.1, 0.15) is 0 Å². The van der Waals surface area contributed by atoms with Crippen molar-refractivity contribution in [3.63, 3.8) is 0 Å². The maximum Gasteiger partial charge on any atom is 0.333 e. The summed E-state index contributed by atoms with van der Waals surface area (Å²) in [6.07, 6.45) is 6.70. The quantitative estimate of drug-likeness (QED) is 0.286. The lowest BCUT2D eigenvalue weighted by Gasteiger charge is -2.19. The second-order valence-electron chi connectivity index (χ2n) is 8.11. The minimum Gasteiger partial charge on any atom is -0.479 e. The Labute approximate surface area is 197 Å². The predicted molar refractivity (Wildman–Crippen MR) is 134 cm³/mol. The number of amides is 2. The number of nitrogens with one attached hydrogen (secondary N) is 1. The SMILES string of the molecule is C=CCO[C@@H](Cc1ccc(-c2cccc(N(C)C(=O)NCCCCCCC)c2)cc1)C(=O)O. The third-order valence-electron chi connectivity index (χ3n) is 5.49. The van der Waals surface area contributed by atoms with E-state index in [2.05, 4.69) is 18.8 Å². The zero-order valence-corrected chi connectivity index (χ0v) is 19.8. The molecule has 6 heteroatoms. The van der Waals surface area contributed by atoms with Crippen LogP contribution in [0.3, 0.4) is 0 Å². The molecule has 2 rings (SSSR count).